The largest absolute Gasteiger partial charge is 0.466 e. The van der Waals surface area contributed by atoms with Crippen LogP contribution in [-0.4, -0.2) is 22.8 Å². The minimum atomic E-state index is -0.286. The van der Waals surface area contributed by atoms with Crippen molar-refractivity contribution in [2.75, 3.05) is 12.3 Å². The van der Waals surface area contributed by atoms with E-state index in [-0.39, 0.29) is 12.4 Å². The summed E-state index contributed by atoms with van der Waals surface area (Å²) in [6, 6.07) is 0. The van der Waals surface area contributed by atoms with Crippen molar-refractivity contribution in [3.05, 3.63) is 11.8 Å². The molecule has 66 valence electrons. The van der Waals surface area contributed by atoms with E-state index in [4.69, 9.17) is 10.5 Å². The number of nitrogens with two attached hydrogens (primary N) is 1. The van der Waals surface area contributed by atoms with Crippen molar-refractivity contribution in [2.45, 2.75) is 13.3 Å². The summed E-state index contributed by atoms with van der Waals surface area (Å²) in [6.45, 7) is 2.15. The number of carbonyl (C=O) groups is 1. The second-order valence-electron chi connectivity index (χ2n) is 2.29. The van der Waals surface area contributed by atoms with E-state index in [9.17, 15) is 4.79 Å². The standard InChI is InChI=1S/C7H11N3O2/c1-2-12-6(11)3-5-4-9-10-7(5)8/h4H,2-3H2,1H3,(H3,8,9,10). The van der Waals surface area contributed by atoms with Gasteiger partial charge in [0.2, 0.25) is 0 Å². The van der Waals surface area contributed by atoms with Gasteiger partial charge in [0.15, 0.2) is 0 Å². The van der Waals surface area contributed by atoms with Gasteiger partial charge in [-0.05, 0) is 6.92 Å². The number of carbonyl (C=O) groups excluding carboxylic acids is 1. The molecule has 0 aliphatic rings. The van der Waals surface area contributed by atoms with Crippen LogP contribution in [0.4, 0.5) is 5.82 Å². The minimum absolute atomic E-state index is 0.177. The Kier molecular flexibility index (Phi) is 2.68. The van der Waals surface area contributed by atoms with Crippen molar-refractivity contribution in [3.8, 4) is 0 Å². The normalized spacial score (nSPS) is 9.75. The van der Waals surface area contributed by atoms with Crippen molar-refractivity contribution >= 4 is 11.8 Å². The van der Waals surface area contributed by atoms with Gasteiger partial charge in [0.1, 0.15) is 5.82 Å². The minimum Gasteiger partial charge on any atom is -0.466 e. The zero-order valence-electron chi connectivity index (χ0n) is 6.83. The fraction of sp³-hybridized carbons (Fsp3) is 0.429. The number of aromatic nitrogens is 2. The van der Waals surface area contributed by atoms with E-state index >= 15 is 0 Å². The van der Waals surface area contributed by atoms with Gasteiger partial charge in [-0.1, -0.05) is 0 Å². The van der Waals surface area contributed by atoms with Gasteiger partial charge in [-0.2, -0.15) is 5.10 Å². The number of esters is 1. The number of hydrogen-bond acceptors (Lipinski definition) is 4. The molecule has 1 aromatic heterocycles. The summed E-state index contributed by atoms with van der Waals surface area (Å²) < 4.78 is 4.73. The lowest BCUT2D eigenvalue weighted by molar-refractivity contribution is -0.142. The first kappa shape index (κ1) is 8.58. The van der Waals surface area contributed by atoms with E-state index < -0.39 is 0 Å². The molecule has 0 spiro atoms. The molecule has 1 heterocycles. The average Bonchev–Trinajstić information content (AvgIpc) is 2.37. The van der Waals surface area contributed by atoms with Crippen molar-refractivity contribution in [1.29, 1.82) is 0 Å². The molecule has 0 aliphatic carbocycles. The predicted octanol–water partition coefficient (Wildman–Crippen LogP) is 0.0975. The van der Waals surface area contributed by atoms with Gasteiger partial charge in [0.25, 0.3) is 0 Å². The van der Waals surface area contributed by atoms with Crippen molar-refractivity contribution in [3.63, 3.8) is 0 Å². The Morgan fingerprint density at radius 2 is 2.58 bits per heavy atom. The number of rotatable bonds is 3. The Labute approximate surface area is 69.9 Å². The molecule has 0 aromatic carbocycles. The van der Waals surface area contributed by atoms with Crippen LogP contribution in [0.5, 0.6) is 0 Å². The third-order valence-corrected chi connectivity index (χ3v) is 1.39. The highest BCUT2D eigenvalue weighted by Gasteiger charge is 2.07. The first-order chi connectivity index (χ1) is 5.74. The molecule has 0 aliphatic heterocycles. The predicted molar refractivity (Wildman–Crippen MR) is 43.3 cm³/mol. The maximum Gasteiger partial charge on any atom is 0.310 e. The van der Waals surface area contributed by atoms with Gasteiger partial charge in [0, 0.05) is 5.56 Å². The Hall–Kier alpha value is -1.52. The first-order valence-corrected chi connectivity index (χ1v) is 3.67. The van der Waals surface area contributed by atoms with Crippen molar-refractivity contribution in [2.24, 2.45) is 0 Å². The highest BCUT2D eigenvalue weighted by molar-refractivity contribution is 5.74. The summed E-state index contributed by atoms with van der Waals surface area (Å²) in [5, 5.41) is 6.21. The van der Waals surface area contributed by atoms with E-state index in [1.165, 1.54) is 6.20 Å². The molecule has 0 fully saturated rings. The van der Waals surface area contributed by atoms with Crippen LogP contribution in [0, 0.1) is 0 Å². The van der Waals surface area contributed by atoms with Gasteiger partial charge < -0.3 is 10.5 Å². The fourth-order valence-corrected chi connectivity index (χ4v) is 0.829. The maximum atomic E-state index is 10.9. The highest BCUT2D eigenvalue weighted by atomic mass is 16.5. The Balaban J connectivity index is 2.52. The van der Waals surface area contributed by atoms with Crippen LogP contribution in [0.25, 0.3) is 0 Å². The second kappa shape index (κ2) is 3.75. The molecule has 0 amide bonds. The SMILES string of the molecule is CCOC(=O)Cc1cn[nH]c1N. The van der Waals surface area contributed by atoms with E-state index in [0.29, 0.717) is 18.0 Å². The summed E-state index contributed by atoms with van der Waals surface area (Å²) in [5.41, 5.74) is 6.13. The summed E-state index contributed by atoms with van der Waals surface area (Å²) in [5.74, 6) is 0.133. The molecule has 0 saturated heterocycles. The summed E-state index contributed by atoms with van der Waals surface area (Å²) in [7, 11) is 0. The molecule has 0 saturated carbocycles. The van der Waals surface area contributed by atoms with Gasteiger partial charge in [-0.3, -0.25) is 9.89 Å². The quantitative estimate of drug-likeness (QED) is 0.628. The number of ether oxygens (including phenoxy) is 1. The number of nitrogens with one attached hydrogen (secondary N) is 1. The van der Waals surface area contributed by atoms with Crippen LogP contribution in [-0.2, 0) is 16.0 Å². The third kappa shape index (κ3) is 1.98. The molecule has 0 atom stereocenters. The molecule has 0 bridgehead atoms. The Bertz CT molecular complexity index is 269. The molecule has 1 aromatic rings. The van der Waals surface area contributed by atoms with Gasteiger partial charge in [-0.15, -0.1) is 0 Å². The monoisotopic (exact) mass is 169 g/mol. The molecule has 3 N–H and O–H groups in total. The number of anilines is 1. The second-order valence-corrected chi connectivity index (χ2v) is 2.29. The molecular formula is C7H11N3O2. The van der Waals surface area contributed by atoms with Gasteiger partial charge >= 0.3 is 5.97 Å². The lowest BCUT2D eigenvalue weighted by Crippen LogP contribution is -2.08. The smallest absolute Gasteiger partial charge is 0.310 e. The van der Waals surface area contributed by atoms with Crippen LogP contribution < -0.4 is 5.73 Å². The molecule has 0 radical (unpaired) electrons. The molecule has 5 nitrogen and oxygen atoms in total. The molecule has 0 unspecified atom stereocenters. The van der Waals surface area contributed by atoms with Crippen LogP contribution in [0.3, 0.4) is 0 Å². The van der Waals surface area contributed by atoms with Gasteiger partial charge in [0.05, 0.1) is 19.2 Å². The number of nitrogens with zero attached hydrogens (tertiary/aromatic N) is 1. The average molecular weight is 169 g/mol. The maximum absolute atomic E-state index is 10.9. The number of aromatic amines is 1. The van der Waals surface area contributed by atoms with Gasteiger partial charge in [-0.25, -0.2) is 0 Å². The van der Waals surface area contributed by atoms with E-state index in [1.54, 1.807) is 6.92 Å². The fourth-order valence-electron chi connectivity index (χ4n) is 0.829. The number of H-pyrrole nitrogens is 1. The van der Waals surface area contributed by atoms with E-state index in [2.05, 4.69) is 10.2 Å². The summed E-state index contributed by atoms with van der Waals surface area (Å²) >= 11 is 0. The lowest BCUT2D eigenvalue weighted by atomic mass is 10.2. The van der Waals surface area contributed by atoms with Crippen molar-refractivity contribution < 1.29 is 9.53 Å². The molecule has 1 rings (SSSR count). The van der Waals surface area contributed by atoms with E-state index in [1.807, 2.05) is 0 Å². The van der Waals surface area contributed by atoms with Crippen LogP contribution in [0.1, 0.15) is 12.5 Å². The highest BCUT2D eigenvalue weighted by Crippen LogP contribution is 2.06. The Morgan fingerprint density at radius 1 is 1.83 bits per heavy atom. The molecular weight excluding hydrogens is 158 g/mol. The van der Waals surface area contributed by atoms with Crippen LogP contribution in [0.15, 0.2) is 6.20 Å². The summed E-state index contributed by atoms with van der Waals surface area (Å²) in [6.07, 6.45) is 1.70. The van der Waals surface area contributed by atoms with Crippen LogP contribution >= 0.6 is 0 Å². The van der Waals surface area contributed by atoms with E-state index in [0.717, 1.165) is 0 Å². The Morgan fingerprint density at radius 3 is 3.08 bits per heavy atom. The number of nitrogen functional groups attached to an aromatic ring is 1. The summed E-state index contributed by atoms with van der Waals surface area (Å²) in [4.78, 5) is 10.9. The zero-order valence-corrected chi connectivity index (χ0v) is 6.83. The zero-order chi connectivity index (χ0) is 8.97. The molecule has 5 heteroatoms. The lowest BCUT2D eigenvalue weighted by Gasteiger charge is -1.99. The van der Waals surface area contributed by atoms with Crippen molar-refractivity contribution in [1.82, 2.24) is 10.2 Å². The van der Waals surface area contributed by atoms with Crippen LogP contribution in [0.2, 0.25) is 0 Å². The number of hydrogen-bond donors (Lipinski definition) is 2. The third-order valence-electron chi connectivity index (χ3n) is 1.39. The topological polar surface area (TPSA) is 81.0 Å². The molecule has 12 heavy (non-hydrogen) atoms. The first-order valence-electron chi connectivity index (χ1n) is 3.67.